The number of carbonyl (C=O) groups is 1. The summed E-state index contributed by atoms with van der Waals surface area (Å²) in [6, 6.07) is 0. The molecule has 6 nitrogen and oxygen atoms in total. The van der Waals surface area contributed by atoms with Gasteiger partial charge in [-0.25, -0.2) is 4.79 Å². The molecule has 1 fully saturated rings. The smallest absolute Gasteiger partial charge is 0.412 e. The maximum Gasteiger partial charge on any atom is 0.412 e. The number of rotatable bonds is 2. The molecule has 6 heteroatoms. The van der Waals surface area contributed by atoms with Gasteiger partial charge in [0, 0.05) is 12.5 Å². The molecular formula is C13H22N4O2. The van der Waals surface area contributed by atoms with E-state index in [-0.39, 0.29) is 0 Å². The summed E-state index contributed by atoms with van der Waals surface area (Å²) in [6.45, 7) is 7.49. The molecule has 0 radical (unpaired) electrons. The Labute approximate surface area is 113 Å². The third-order valence-electron chi connectivity index (χ3n) is 3.01. The number of piperidine rings is 1. The number of hydrogen-bond donors (Lipinski definition) is 3. The molecule has 0 spiro atoms. The van der Waals surface area contributed by atoms with Crippen LogP contribution in [-0.2, 0) is 4.74 Å². The van der Waals surface area contributed by atoms with Crippen molar-refractivity contribution >= 4 is 11.8 Å². The zero-order valence-corrected chi connectivity index (χ0v) is 11.7. The molecular weight excluding hydrogens is 244 g/mol. The predicted molar refractivity (Wildman–Crippen MR) is 73.3 cm³/mol. The van der Waals surface area contributed by atoms with E-state index in [9.17, 15) is 4.79 Å². The van der Waals surface area contributed by atoms with Gasteiger partial charge in [-0.05, 0) is 40.2 Å². The Morgan fingerprint density at radius 2 is 2.32 bits per heavy atom. The first-order valence-electron chi connectivity index (χ1n) is 6.70. The fourth-order valence-corrected chi connectivity index (χ4v) is 2.22. The lowest BCUT2D eigenvalue weighted by Crippen LogP contribution is -2.30. The first-order valence-corrected chi connectivity index (χ1v) is 6.70. The molecule has 0 bridgehead atoms. The van der Waals surface area contributed by atoms with Crippen molar-refractivity contribution in [1.29, 1.82) is 0 Å². The van der Waals surface area contributed by atoms with Gasteiger partial charge in [0.2, 0.25) is 0 Å². The fraction of sp³-hybridized carbons (Fsp3) is 0.692. The number of H-pyrrole nitrogens is 1. The number of amides is 1. The van der Waals surface area contributed by atoms with E-state index in [1.807, 2.05) is 20.8 Å². The molecule has 3 N–H and O–H groups in total. The first-order chi connectivity index (χ1) is 8.96. The van der Waals surface area contributed by atoms with Crippen LogP contribution in [0.1, 0.15) is 45.2 Å². The van der Waals surface area contributed by atoms with Crippen molar-refractivity contribution in [3.8, 4) is 0 Å². The molecule has 0 saturated carbocycles. The minimum Gasteiger partial charge on any atom is -0.444 e. The Morgan fingerprint density at radius 3 is 2.95 bits per heavy atom. The summed E-state index contributed by atoms with van der Waals surface area (Å²) >= 11 is 0. The third kappa shape index (κ3) is 3.96. The Balaban J connectivity index is 2.01. The molecule has 1 atom stereocenters. The van der Waals surface area contributed by atoms with Gasteiger partial charge in [-0.1, -0.05) is 0 Å². The topological polar surface area (TPSA) is 79.0 Å². The van der Waals surface area contributed by atoms with Crippen molar-refractivity contribution in [1.82, 2.24) is 15.5 Å². The predicted octanol–water partition coefficient (Wildman–Crippen LogP) is 2.22. The van der Waals surface area contributed by atoms with Crippen LogP contribution in [-0.4, -0.2) is 35.0 Å². The van der Waals surface area contributed by atoms with E-state index in [1.54, 1.807) is 6.20 Å². The van der Waals surface area contributed by atoms with Crippen LogP contribution in [0.2, 0.25) is 0 Å². The van der Waals surface area contributed by atoms with Crippen molar-refractivity contribution in [2.45, 2.75) is 45.1 Å². The normalized spacial score (nSPS) is 20.1. The van der Waals surface area contributed by atoms with Crippen molar-refractivity contribution in [3.63, 3.8) is 0 Å². The standard InChI is InChI=1S/C13H22N4O2/c1-13(2,3)19-12(18)16-10-8-15-17-11(10)9-5-4-6-14-7-9/h8-9,14H,4-7H2,1-3H3,(H,15,17)(H,16,18). The highest BCUT2D eigenvalue weighted by Crippen LogP contribution is 2.27. The van der Waals surface area contributed by atoms with Gasteiger partial charge >= 0.3 is 6.09 Å². The Kier molecular flexibility index (Phi) is 4.09. The molecule has 1 aromatic rings. The van der Waals surface area contributed by atoms with Gasteiger partial charge in [-0.2, -0.15) is 5.10 Å². The molecule has 0 aromatic carbocycles. The second-order valence-corrected chi connectivity index (χ2v) is 5.87. The molecule has 1 aliphatic rings. The lowest BCUT2D eigenvalue weighted by atomic mass is 9.95. The van der Waals surface area contributed by atoms with Crippen LogP contribution in [0.5, 0.6) is 0 Å². The Hall–Kier alpha value is -1.56. The number of aromatic nitrogens is 2. The quantitative estimate of drug-likeness (QED) is 0.767. The maximum atomic E-state index is 11.8. The number of hydrogen-bond acceptors (Lipinski definition) is 4. The lowest BCUT2D eigenvalue weighted by molar-refractivity contribution is 0.0635. The lowest BCUT2D eigenvalue weighted by Gasteiger charge is -2.23. The molecule has 1 aliphatic heterocycles. The summed E-state index contributed by atoms with van der Waals surface area (Å²) in [6.07, 6.45) is 3.42. The largest absolute Gasteiger partial charge is 0.444 e. The number of aromatic amines is 1. The molecule has 1 aromatic heterocycles. The number of ether oxygens (including phenoxy) is 1. The van der Waals surface area contributed by atoms with E-state index < -0.39 is 11.7 Å². The highest BCUT2D eigenvalue weighted by Gasteiger charge is 2.22. The monoisotopic (exact) mass is 266 g/mol. The maximum absolute atomic E-state index is 11.8. The van der Waals surface area contributed by atoms with Crippen molar-refractivity contribution in [2.75, 3.05) is 18.4 Å². The summed E-state index contributed by atoms with van der Waals surface area (Å²) in [7, 11) is 0. The van der Waals surface area contributed by atoms with Crippen LogP contribution in [0.4, 0.5) is 10.5 Å². The molecule has 1 unspecified atom stereocenters. The Morgan fingerprint density at radius 1 is 1.53 bits per heavy atom. The van der Waals surface area contributed by atoms with E-state index in [2.05, 4.69) is 20.8 Å². The zero-order chi connectivity index (χ0) is 13.9. The highest BCUT2D eigenvalue weighted by atomic mass is 16.6. The van der Waals surface area contributed by atoms with E-state index in [4.69, 9.17) is 4.74 Å². The summed E-state index contributed by atoms with van der Waals surface area (Å²) in [4.78, 5) is 11.8. The van der Waals surface area contributed by atoms with Gasteiger partial charge in [0.05, 0.1) is 17.6 Å². The average Bonchev–Trinajstić information content (AvgIpc) is 2.75. The molecule has 1 amide bonds. The minimum atomic E-state index is -0.500. The van der Waals surface area contributed by atoms with Crippen LogP contribution in [0, 0.1) is 0 Å². The number of nitrogens with one attached hydrogen (secondary N) is 3. The fourth-order valence-electron chi connectivity index (χ4n) is 2.22. The molecule has 2 heterocycles. The van der Waals surface area contributed by atoms with Crippen LogP contribution < -0.4 is 10.6 Å². The van der Waals surface area contributed by atoms with Crippen molar-refractivity contribution in [3.05, 3.63) is 11.9 Å². The van der Waals surface area contributed by atoms with Crippen LogP contribution in [0.3, 0.4) is 0 Å². The average molecular weight is 266 g/mol. The van der Waals surface area contributed by atoms with Crippen molar-refractivity contribution in [2.24, 2.45) is 0 Å². The number of carbonyl (C=O) groups excluding carboxylic acids is 1. The van der Waals surface area contributed by atoms with Crippen LogP contribution in [0.25, 0.3) is 0 Å². The van der Waals surface area contributed by atoms with Crippen LogP contribution in [0.15, 0.2) is 6.20 Å². The molecule has 0 aliphatic carbocycles. The molecule has 2 rings (SSSR count). The zero-order valence-electron chi connectivity index (χ0n) is 11.7. The summed E-state index contributed by atoms with van der Waals surface area (Å²) < 4.78 is 5.25. The van der Waals surface area contributed by atoms with Gasteiger partial charge in [0.1, 0.15) is 5.60 Å². The van der Waals surface area contributed by atoms with Gasteiger partial charge < -0.3 is 10.1 Å². The van der Waals surface area contributed by atoms with E-state index >= 15 is 0 Å². The molecule has 1 saturated heterocycles. The molecule has 19 heavy (non-hydrogen) atoms. The summed E-state index contributed by atoms with van der Waals surface area (Å²) in [5, 5.41) is 13.1. The van der Waals surface area contributed by atoms with E-state index in [1.165, 1.54) is 0 Å². The third-order valence-corrected chi connectivity index (χ3v) is 3.01. The van der Waals surface area contributed by atoms with E-state index in [0.29, 0.717) is 11.6 Å². The number of anilines is 1. The van der Waals surface area contributed by atoms with Gasteiger partial charge in [-0.15, -0.1) is 0 Å². The first kappa shape index (κ1) is 13.9. The Bertz CT molecular complexity index is 430. The highest BCUT2D eigenvalue weighted by molar-refractivity contribution is 5.85. The summed E-state index contributed by atoms with van der Waals surface area (Å²) in [5.74, 6) is 0.362. The van der Waals surface area contributed by atoms with Gasteiger partial charge in [0.25, 0.3) is 0 Å². The summed E-state index contributed by atoms with van der Waals surface area (Å²) in [5.41, 5.74) is 1.18. The second-order valence-electron chi connectivity index (χ2n) is 5.87. The second kappa shape index (κ2) is 5.61. The van der Waals surface area contributed by atoms with Gasteiger partial charge in [-0.3, -0.25) is 10.4 Å². The minimum absolute atomic E-state index is 0.362. The van der Waals surface area contributed by atoms with Crippen LogP contribution >= 0.6 is 0 Å². The van der Waals surface area contributed by atoms with Gasteiger partial charge in [0.15, 0.2) is 0 Å². The van der Waals surface area contributed by atoms with E-state index in [0.717, 1.165) is 31.6 Å². The molecule has 106 valence electrons. The number of nitrogens with zero attached hydrogens (tertiary/aromatic N) is 1. The van der Waals surface area contributed by atoms with Crippen molar-refractivity contribution < 1.29 is 9.53 Å². The SMILES string of the molecule is CC(C)(C)OC(=O)Nc1cn[nH]c1C1CCCNC1.